The average Bonchev–Trinajstić information content (AvgIpc) is 3.61. The van der Waals surface area contributed by atoms with Gasteiger partial charge in [0, 0.05) is 17.3 Å². The van der Waals surface area contributed by atoms with E-state index in [1.165, 1.54) is 24.6 Å². The fraction of sp³-hybridized carbons (Fsp3) is 0.296. The number of carbonyl (C=O) groups excluding carboxylic acids is 1. The van der Waals surface area contributed by atoms with E-state index in [1.807, 2.05) is 53.4 Å². The molecule has 180 valence electrons. The highest BCUT2D eigenvalue weighted by Gasteiger charge is 2.26. The van der Waals surface area contributed by atoms with Gasteiger partial charge in [0.25, 0.3) is 5.91 Å². The lowest BCUT2D eigenvalue weighted by atomic mass is 10.1. The number of benzene rings is 2. The van der Waals surface area contributed by atoms with Crippen molar-refractivity contribution in [3.8, 4) is 22.8 Å². The molecular weight excluding hydrogens is 460 g/mol. The van der Waals surface area contributed by atoms with Crippen LogP contribution in [0.3, 0.4) is 0 Å². The van der Waals surface area contributed by atoms with E-state index in [0.29, 0.717) is 34.2 Å². The molecule has 1 aromatic heterocycles. The summed E-state index contributed by atoms with van der Waals surface area (Å²) in [6.45, 7) is 0.623. The van der Waals surface area contributed by atoms with Crippen LogP contribution in [0.5, 0.6) is 11.5 Å². The second-order valence-electron chi connectivity index (χ2n) is 8.62. The van der Waals surface area contributed by atoms with Crippen molar-refractivity contribution in [1.29, 1.82) is 0 Å². The molecule has 1 saturated heterocycles. The third kappa shape index (κ3) is 5.27. The molecule has 0 radical (unpaired) electrons. The number of hydrogen-bond donors (Lipinski definition) is 1. The largest absolute Gasteiger partial charge is 0.493 e. The van der Waals surface area contributed by atoms with E-state index in [2.05, 4.69) is 17.4 Å². The number of thioether (sulfide) groups is 1. The number of carbonyl (C=O) groups is 1. The molecule has 1 N–H and O–H groups in total. The summed E-state index contributed by atoms with van der Waals surface area (Å²) in [6, 6.07) is 16.2. The maximum absolute atomic E-state index is 12.7. The molecule has 2 heterocycles. The predicted molar refractivity (Wildman–Crippen MR) is 140 cm³/mol. The van der Waals surface area contributed by atoms with Crippen molar-refractivity contribution in [3.63, 3.8) is 0 Å². The van der Waals surface area contributed by atoms with Crippen LogP contribution in [0.15, 0.2) is 64.6 Å². The molecule has 0 bridgehead atoms. The summed E-state index contributed by atoms with van der Waals surface area (Å²) in [5, 5.41) is 8.50. The monoisotopic (exact) mass is 488 g/mol. The number of nitrogens with one attached hydrogen (secondary N) is 1. The molecule has 1 saturated carbocycles. The van der Waals surface area contributed by atoms with Gasteiger partial charge in [0.15, 0.2) is 16.7 Å². The molecule has 0 spiro atoms. The van der Waals surface area contributed by atoms with Gasteiger partial charge in [0.2, 0.25) is 0 Å². The van der Waals surface area contributed by atoms with Crippen molar-refractivity contribution < 1.29 is 14.3 Å². The van der Waals surface area contributed by atoms with E-state index in [1.54, 1.807) is 14.2 Å². The number of amides is 1. The van der Waals surface area contributed by atoms with Crippen LogP contribution in [-0.2, 0) is 11.3 Å². The first-order valence-corrected chi connectivity index (χ1v) is 12.6. The van der Waals surface area contributed by atoms with Crippen molar-refractivity contribution in [3.05, 3.63) is 70.8 Å². The Balaban J connectivity index is 1.51. The minimum atomic E-state index is -0.124. The van der Waals surface area contributed by atoms with E-state index < -0.39 is 0 Å². The maximum atomic E-state index is 12.7. The number of aromatic nitrogens is 2. The van der Waals surface area contributed by atoms with Crippen LogP contribution in [0.25, 0.3) is 17.3 Å². The van der Waals surface area contributed by atoms with Gasteiger partial charge in [-0.15, -0.1) is 0 Å². The first kappa shape index (κ1) is 23.2. The molecule has 35 heavy (non-hydrogen) atoms. The van der Waals surface area contributed by atoms with E-state index in [4.69, 9.17) is 19.6 Å². The Kier molecular flexibility index (Phi) is 6.90. The van der Waals surface area contributed by atoms with Gasteiger partial charge in [0.05, 0.1) is 37.4 Å². The Morgan fingerprint density at radius 1 is 1.11 bits per heavy atom. The molecule has 2 fully saturated rings. The summed E-state index contributed by atoms with van der Waals surface area (Å²) >= 11 is 1.40. The predicted octanol–water partition coefficient (Wildman–Crippen LogP) is 5.12. The zero-order chi connectivity index (χ0) is 24.2. The Labute approximate surface area is 209 Å². The van der Waals surface area contributed by atoms with Crippen LogP contribution >= 0.6 is 11.8 Å². The zero-order valence-electron chi connectivity index (χ0n) is 19.9. The van der Waals surface area contributed by atoms with E-state index >= 15 is 0 Å². The second kappa shape index (κ2) is 10.4. The molecule has 1 aliphatic carbocycles. The van der Waals surface area contributed by atoms with Crippen LogP contribution in [0.1, 0.15) is 36.8 Å². The SMILES string of the molecule is COc1ccc(-c2nn(Cc3ccccc3)cc2/C=C2\SC(=NC3CCCC3)NC2=O)cc1OC. The van der Waals surface area contributed by atoms with E-state index in [9.17, 15) is 4.79 Å². The highest BCUT2D eigenvalue weighted by atomic mass is 32.2. The number of aliphatic imine (C=N–C) groups is 1. The van der Waals surface area contributed by atoms with E-state index in [0.717, 1.165) is 35.2 Å². The van der Waals surface area contributed by atoms with Gasteiger partial charge in [-0.25, -0.2) is 0 Å². The standard InChI is InChI=1S/C27H28N4O3S/c1-33-22-13-12-19(14-23(22)34-2)25-20(17-31(30-25)16-18-8-4-3-5-9-18)15-24-26(32)29-27(35-24)28-21-10-6-7-11-21/h3-5,8-9,12-15,17,21H,6-7,10-11,16H2,1-2H3,(H,28,29,32)/b24-15-. The first-order chi connectivity index (χ1) is 17.1. The molecule has 2 aromatic carbocycles. The molecular formula is C27H28N4O3S. The summed E-state index contributed by atoms with van der Waals surface area (Å²) in [5.74, 6) is 1.15. The molecule has 8 heteroatoms. The average molecular weight is 489 g/mol. The fourth-order valence-electron chi connectivity index (χ4n) is 4.43. The summed E-state index contributed by atoms with van der Waals surface area (Å²) in [4.78, 5) is 18.1. The van der Waals surface area contributed by atoms with Gasteiger partial charge < -0.3 is 14.8 Å². The van der Waals surface area contributed by atoms with Crippen LogP contribution < -0.4 is 14.8 Å². The lowest BCUT2D eigenvalue weighted by Crippen LogP contribution is -2.21. The van der Waals surface area contributed by atoms with Crippen molar-refractivity contribution in [1.82, 2.24) is 15.1 Å². The number of rotatable bonds is 7. The van der Waals surface area contributed by atoms with Crippen LogP contribution in [-0.4, -0.2) is 41.1 Å². The Morgan fingerprint density at radius 3 is 2.63 bits per heavy atom. The third-order valence-electron chi connectivity index (χ3n) is 6.20. The Hall–Kier alpha value is -3.52. The fourth-order valence-corrected chi connectivity index (χ4v) is 5.31. The summed E-state index contributed by atoms with van der Waals surface area (Å²) in [6.07, 6.45) is 8.48. The quantitative estimate of drug-likeness (QED) is 0.467. The molecule has 0 atom stereocenters. The minimum Gasteiger partial charge on any atom is -0.493 e. The van der Waals surface area contributed by atoms with Crippen molar-refractivity contribution >= 4 is 28.9 Å². The van der Waals surface area contributed by atoms with Gasteiger partial charge in [-0.1, -0.05) is 43.2 Å². The topological polar surface area (TPSA) is 77.7 Å². The van der Waals surface area contributed by atoms with Crippen molar-refractivity contribution in [2.45, 2.75) is 38.3 Å². The van der Waals surface area contributed by atoms with Crippen LogP contribution in [0, 0.1) is 0 Å². The maximum Gasteiger partial charge on any atom is 0.264 e. The molecule has 2 aliphatic rings. The van der Waals surface area contributed by atoms with Crippen LogP contribution in [0.4, 0.5) is 0 Å². The molecule has 5 rings (SSSR count). The minimum absolute atomic E-state index is 0.124. The highest BCUT2D eigenvalue weighted by molar-refractivity contribution is 8.18. The number of methoxy groups -OCH3 is 2. The molecule has 7 nitrogen and oxygen atoms in total. The van der Waals surface area contributed by atoms with Gasteiger partial charge in [0.1, 0.15) is 0 Å². The van der Waals surface area contributed by atoms with Crippen molar-refractivity contribution in [2.75, 3.05) is 14.2 Å². The normalized spacial score (nSPS) is 18.4. The molecule has 0 unspecified atom stereocenters. The Morgan fingerprint density at radius 2 is 1.89 bits per heavy atom. The Bertz CT molecular complexity index is 1280. The summed E-state index contributed by atoms with van der Waals surface area (Å²) in [5.41, 5.74) is 3.65. The zero-order valence-corrected chi connectivity index (χ0v) is 20.7. The lowest BCUT2D eigenvalue weighted by Gasteiger charge is -2.09. The van der Waals surface area contributed by atoms with Crippen molar-refractivity contribution in [2.24, 2.45) is 4.99 Å². The smallest absolute Gasteiger partial charge is 0.264 e. The number of ether oxygens (including phenoxy) is 2. The summed E-state index contributed by atoms with van der Waals surface area (Å²) in [7, 11) is 3.23. The van der Waals surface area contributed by atoms with Gasteiger partial charge in [-0.2, -0.15) is 5.10 Å². The highest BCUT2D eigenvalue weighted by Crippen LogP contribution is 2.35. The molecule has 1 aliphatic heterocycles. The lowest BCUT2D eigenvalue weighted by molar-refractivity contribution is -0.115. The number of nitrogens with zero attached hydrogens (tertiary/aromatic N) is 3. The van der Waals surface area contributed by atoms with Gasteiger partial charge in [-0.3, -0.25) is 14.5 Å². The van der Waals surface area contributed by atoms with Gasteiger partial charge >= 0.3 is 0 Å². The van der Waals surface area contributed by atoms with E-state index in [-0.39, 0.29) is 5.91 Å². The first-order valence-electron chi connectivity index (χ1n) is 11.8. The van der Waals surface area contributed by atoms with Crippen LogP contribution in [0.2, 0.25) is 0 Å². The molecule has 1 amide bonds. The molecule has 3 aromatic rings. The summed E-state index contributed by atoms with van der Waals surface area (Å²) < 4.78 is 12.8. The number of amidine groups is 1. The van der Waals surface area contributed by atoms with Gasteiger partial charge in [-0.05, 0) is 54.4 Å². The number of hydrogen-bond acceptors (Lipinski definition) is 6. The second-order valence-corrected chi connectivity index (χ2v) is 9.65. The third-order valence-corrected chi connectivity index (χ3v) is 7.12.